The molecule has 0 amide bonds. The Kier molecular flexibility index (Phi) is 6.06. The van der Waals surface area contributed by atoms with E-state index in [0.29, 0.717) is 5.92 Å². The zero-order valence-electron chi connectivity index (χ0n) is 13.7. The van der Waals surface area contributed by atoms with Crippen molar-refractivity contribution in [3.63, 3.8) is 0 Å². The first kappa shape index (κ1) is 16.3. The van der Waals surface area contributed by atoms with Gasteiger partial charge in [-0.1, -0.05) is 27.2 Å². The van der Waals surface area contributed by atoms with Gasteiger partial charge in [-0.15, -0.1) is 11.3 Å². The van der Waals surface area contributed by atoms with E-state index >= 15 is 0 Å². The highest BCUT2D eigenvalue weighted by atomic mass is 32.1. The van der Waals surface area contributed by atoms with Crippen LogP contribution in [0, 0.1) is 5.92 Å². The van der Waals surface area contributed by atoms with E-state index in [1.54, 1.807) is 11.3 Å². The van der Waals surface area contributed by atoms with Gasteiger partial charge in [0.15, 0.2) is 10.8 Å². The summed E-state index contributed by atoms with van der Waals surface area (Å²) in [6, 6.07) is 0. The first-order valence-electron chi connectivity index (χ1n) is 8.11. The van der Waals surface area contributed by atoms with E-state index in [4.69, 9.17) is 4.98 Å². The van der Waals surface area contributed by atoms with Gasteiger partial charge in [-0.2, -0.15) is 0 Å². The number of imidazole rings is 1. The Labute approximate surface area is 132 Å². The lowest BCUT2D eigenvalue weighted by molar-refractivity contribution is 0.544. The topological polar surface area (TPSA) is 32.6 Å². The summed E-state index contributed by atoms with van der Waals surface area (Å²) in [5.74, 6) is 1.86. The molecule has 2 aromatic rings. The molecule has 5 heteroatoms. The van der Waals surface area contributed by atoms with Crippen molar-refractivity contribution in [2.75, 3.05) is 24.5 Å². The molecular weight excluding hydrogens is 280 g/mol. The number of nitrogens with one attached hydrogen (secondary N) is 1. The molecule has 118 valence electrons. The third-order valence-corrected chi connectivity index (χ3v) is 4.73. The average Bonchev–Trinajstić information content (AvgIpc) is 3.07. The third kappa shape index (κ3) is 3.77. The lowest BCUT2D eigenvalue weighted by Crippen LogP contribution is -2.30. The van der Waals surface area contributed by atoms with E-state index < -0.39 is 0 Å². The molecule has 1 N–H and O–H groups in total. The SMILES string of the molecule is CCCNCc1c(N(CC)CC(C)CC)nc2sccn12. The lowest BCUT2D eigenvalue weighted by Gasteiger charge is -2.25. The van der Waals surface area contributed by atoms with Gasteiger partial charge >= 0.3 is 0 Å². The Bertz CT molecular complexity index is 545. The number of rotatable bonds is 9. The molecule has 2 rings (SSSR count). The Hall–Kier alpha value is -1.07. The van der Waals surface area contributed by atoms with Crippen LogP contribution in [-0.4, -0.2) is 29.0 Å². The first-order chi connectivity index (χ1) is 10.2. The molecule has 0 aromatic carbocycles. The van der Waals surface area contributed by atoms with Gasteiger partial charge in [-0.3, -0.25) is 4.40 Å². The summed E-state index contributed by atoms with van der Waals surface area (Å²) in [4.78, 5) is 8.40. The zero-order valence-corrected chi connectivity index (χ0v) is 14.5. The van der Waals surface area contributed by atoms with Crippen LogP contribution in [0.25, 0.3) is 4.96 Å². The molecule has 0 spiro atoms. The molecule has 4 nitrogen and oxygen atoms in total. The summed E-state index contributed by atoms with van der Waals surface area (Å²) in [7, 11) is 0. The predicted octanol–water partition coefficient (Wildman–Crippen LogP) is 3.77. The molecule has 0 aliphatic carbocycles. The van der Waals surface area contributed by atoms with Crippen LogP contribution in [0.4, 0.5) is 5.82 Å². The zero-order chi connectivity index (χ0) is 15.2. The third-order valence-electron chi connectivity index (χ3n) is 3.97. The van der Waals surface area contributed by atoms with E-state index in [9.17, 15) is 0 Å². The van der Waals surface area contributed by atoms with Crippen LogP contribution in [0.15, 0.2) is 11.6 Å². The van der Waals surface area contributed by atoms with Gasteiger partial charge in [-0.25, -0.2) is 4.98 Å². The highest BCUT2D eigenvalue weighted by molar-refractivity contribution is 7.15. The van der Waals surface area contributed by atoms with Gasteiger partial charge in [0.2, 0.25) is 0 Å². The Balaban J connectivity index is 2.27. The number of anilines is 1. The summed E-state index contributed by atoms with van der Waals surface area (Å²) < 4.78 is 2.24. The van der Waals surface area contributed by atoms with Gasteiger partial charge < -0.3 is 10.2 Å². The molecular formula is C16H28N4S. The van der Waals surface area contributed by atoms with Gasteiger partial charge in [0.05, 0.1) is 5.69 Å². The van der Waals surface area contributed by atoms with Crippen molar-refractivity contribution in [2.45, 2.75) is 47.1 Å². The molecule has 1 unspecified atom stereocenters. The smallest absolute Gasteiger partial charge is 0.195 e. The quantitative estimate of drug-likeness (QED) is 0.716. The molecule has 0 aliphatic rings. The van der Waals surface area contributed by atoms with Crippen molar-refractivity contribution in [3.05, 3.63) is 17.3 Å². The molecule has 0 aliphatic heterocycles. The second kappa shape index (κ2) is 7.80. The Morgan fingerprint density at radius 2 is 2.19 bits per heavy atom. The number of fused-ring (bicyclic) bond motifs is 1. The normalized spacial score (nSPS) is 13.0. The predicted molar refractivity (Wildman–Crippen MR) is 92.4 cm³/mol. The fourth-order valence-electron chi connectivity index (χ4n) is 2.49. The fourth-order valence-corrected chi connectivity index (χ4v) is 3.22. The van der Waals surface area contributed by atoms with Gasteiger partial charge in [0.1, 0.15) is 0 Å². The van der Waals surface area contributed by atoms with Crippen LogP contribution >= 0.6 is 11.3 Å². The Morgan fingerprint density at radius 1 is 1.38 bits per heavy atom. The second-order valence-electron chi connectivity index (χ2n) is 5.67. The maximum Gasteiger partial charge on any atom is 0.195 e. The van der Waals surface area contributed by atoms with E-state index in [0.717, 1.165) is 43.4 Å². The van der Waals surface area contributed by atoms with Crippen molar-refractivity contribution in [1.82, 2.24) is 14.7 Å². The van der Waals surface area contributed by atoms with Crippen LogP contribution in [0.1, 0.15) is 46.2 Å². The Morgan fingerprint density at radius 3 is 2.86 bits per heavy atom. The number of aromatic nitrogens is 2. The number of hydrogen-bond acceptors (Lipinski definition) is 4. The summed E-state index contributed by atoms with van der Waals surface area (Å²) in [6.45, 7) is 13.0. The maximum atomic E-state index is 4.88. The molecule has 0 bridgehead atoms. The van der Waals surface area contributed by atoms with Crippen LogP contribution in [0.3, 0.4) is 0 Å². The molecule has 21 heavy (non-hydrogen) atoms. The average molecular weight is 308 g/mol. The number of hydrogen-bond donors (Lipinski definition) is 1. The van der Waals surface area contributed by atoms with Crippen LogP contribution in [0.5, 0.6) is 0 Å². The molecule has 0 saturated carbocycles. The minimum Gasteiger partial charge on any atom is -0.355 e. The molecule has 2 aromatic heterocycles. The van der Waals surface area contributed by atoms with Gasteiger partial charge in [-0.05, 0) is 25.8 Å². The number of nitrogens with zero attached hydrogens (tertiary/aromatic N) is 3. The van der Waals surface area contributed by atoms with E-state index in [2.05, 4.69) is 53.9 Å². The molecule has 1 atom stereocenters. The van der Waals surface area contributed by atoms with Crippen LogP contribution < -0.4 is 10.2 Å². The maximum absolute atomic E-state index is 4.88. The molecule has 2 heterocycles. The summed E-state index contributed by atoms with van der Waals surface area (Å²) >= 11 is 1.71. The summed E-state index contributed by atoms with van der Waals surface area (Å²) in [5, 5.41) is 5.63. The highest BCUT2D eigenvalue weighted by Gasteiger charge is 2.19. The van der Waals surface area contributed by atoms with Crippen LogP contribution in [0.2, 0.25) is 0 Å². The minimum absolute atomic E-state index is 0.695. The van der Waals surface area contributed by atoms with Crippen molar-refractivity contribution in [1.29, 1.82) is 0 Å². The van der Waals surface area contributed by atoms with E-state index in [-0.39, 0.29) is 0 Å². The molecule has 0 fully saturated rings. The van der Waals surface area contributed by atoms with Crippen molar-refractivity contribution >= 4 is 22.1 Å². The lowest BCUT2D eigenvalue weighted by atomic mass is 10.1. The molecule has 0 radical (unpaired) electrons. The largest absolute Gasteiger partial charge is 0.355 e. The van der Waals surface area contributed by atoms with E-state index in [1.807, 2.05) is 0 Å². The van der Waals surface area contributed by atoms with Gasteiger partial charge in [0, 0.05) is 31.2 Å². The van der Waals surface area contributed by atoms with Crippen molar-refractivity contribution in [2.24, 2.45) is 5.92 Å². The summed E-state index contributed by atoms with van der Waals surface area (Å²) in [5.41, 5.74) is 1.30. The molecule has 0 saturated heterocycles. The minimum atomic E-state index is 0.695. The second-order valence-corrected chi connectivity index (χ2v) is 6.54. The van der Waals surface area contributed by atoms with E-state index in [1.165, 1.54) is 12.1 Å². The van der Waals surface area contributed by atoms with Crippen LogP contribution in [-0.2, 0) is 6.54 Å². The first-order valence-corrected chi connectivity index (χ1v) is 8.99. The monoisotopic (exact) mass is 308 g/mol. The highest BCUT2D eigenvalue weighted by Crippen LogP contribution is 2.25. The number of thiazole rings is 1. The fraction of sp³-hybridized carbons (Fsp3) is 0.688. The van der Waals surface area contributed by atoms with Crippen molar-refractivity contribution < 1.29 is 0 Å². The standard InChI is InChI=1S/C16H28N4S/c1-5-8-17-11-14-15(18-16-20(14)9-10-21-16)19(7-3)12-13(4)6-2/h9-10,13,17H,5-8,11-12H2,1-4H3. The summed E-state index contributed by atoms with van der Waals surface area (Å²) in [6.07, 6.45) is 4.50. The van der Waals surface area contributed by atoms with Crippen molar-refractivity contribution in [3.8, 4) is 0 Å². The van der Waals surface area contributed by atoms with Gasteiger partial charge in [0.25, 0.3) is 0 Å².